The Morgan fingerprint density at radius 2 is 1.94 bits per heavy atom. The zero-order valence-electron chi connectivity index (χ0n) is 9.79. The summed E-state index contributed by atoms with van der Waals surface area (Å²) in [4.78, 5) is 19.4. The number of hydrogen-bond acceptors (Lipinski definition) is 5. The molecule has 0 aliphatic heterocycles. The third-order valence-corrected chi connectivity index (χ3v) is 1.90. The number of aryl methyl sites for hydroxylation is 1. The molecule has 0 saturated carbocycles. The van der Waals surface area contributed by atoms with Gasteiger partial charge in [0, 0.05) is 19.7 Å². The van der Waals surface area contributed by atoms with Crippen molar-refractivity contribution in [3.63, 3.8) is 0 Å². The lowest BCUT2D eigenvalue weighted by Crippen LogP contribution is -2.26. The first-order valence-corrected chi connectivity index (χ1v) is 5.19. The second-order valence-corrected chi connectivity index (χ2v) is 3.24. The van der Waals surface area contributed by atoms with Gasteiger partial charge in [-0.15, -0.1) is 0 Å². The Labute approximate surface area is 94.9 Å². The molecule has 16 heavy (non-hydrogen) atoms. The zero-order valence-corrected chi connectivity index (χ0v) is 9.79. The first-order valence-electron chi connectivity index (χ1n) is 5.19. The summed E-state index contributed by atoms with van der Waals surface area (Å²) in [6, 6.07) is 1.78. The number of aromatic nitrogens is 2. The molecule has 6 heteroatoms. The minimum atomic E-state index is -0.0822. The van der Waals surface area contributed by atoms with Gasteiger partial charge in [-0.05, 0) is 13.8 Å². The van der Waals surface area contributed by atoms with Crippen LogP contribution in [0.4, 0.5) is 11.6 Å². The van der Waals surface area contributed by atoms with E-state index in [1.54, 1.807) is 13.1 Å². The second kappa shape index (κ2) is 5.89. The molecule has 3 N–H and O–H groups in total. The van der Waals surface area contributed by atoms with Crippen LogP contribution >= 0.6 is 0 Å². The maximum Gasteiger partial charge on any atom is 0.239 e. The number of likely N-dealkylation sites (N-methyl/N-ethyl adjacent to an activating group) is 1. The molecule has 6 nitrogen and oxygen atoms in total. The highest BCUT2D eigenvalue weighted by molar-refractivity contribution is 5.80. The Bertz CT molecular complexity index is 366. The summed E-state index contributed by atoms with van der Waals surface area (Å²) in [7, 11) is 1.60. The number of nitrogens with one attached hydrogen (secondary N) is 3. The normalized spacial score (nSPS) is 9.69. The number of anilines is 2. The van der Waals surface area contributed by atoms with Gasteiger partial charge < -0.3 is 16.0 Å². The van der Waals surface area contributed by atoms with E-state index >= 15 is 0 Å². The molecule has 88 valence electrons. The smallest absolute Gasteiger partial charge is 0.239 e. The minimum absolute atomic E-state index is 0.0822. The van der Waals surface area contributed by atoms with Crippen LogP contribution < -0.4 is 16.0 Å². The Kier molecular flexibility index (Phi) is 4.50. The third kappa shape index (κ3) is 3.72. The van der Waals surface area contributed by atoms with Gasteiger partial charge >= 0.3 is 0 Å². The first-order chi connectivity index (χ1) is 7.65. The predicted octanol–water partition coefficient (Wildman–Crippen LogP) is 0.375. The number of carbonyl (C=O) groups excluding carboxylic acids is 1. The van der Waals surface area contributed by atoms with Crippen molar-refractivity contribution in [2.24, 2.45) is 0 Å². The van der Waals surface area contributed by atoms with E-state index in [1.165, 1.54) is 0 Å². The summed E-state index contributed by atoms with van der Waals surface area (Å²) < 4.78 is 0. The van der Waals surface area contributed by atoms with Crippen LogP contribution in [0, 0.1) is 6.92 Å². The molecular weight excluding hydrogens is 206 g/mol. The van der Waals surface area contributed by atoms with Gasteiger partial charge in [-0.25, -0.2) is 9.97 Å². The van der Waals surface area contributed by atoms with E-state index in [4.69, 9.17) is 0 Å². The fraction of sp³-hybridized carbons (Fsp3) is 0.500. The van der Waals surface area contributed by atoms with Gasteiger partial charge in [-0.1, -0.05) is 0 Å². The van der Waals surface area contributed by atoms with E-state index in [0.717, 1.165) is 12.4 Å². The highest BCUT2D eigenvalue weighted by atomic mass is 16.1. The molecule has 1 amide bonds. The maximum absolute atomic E-state index is 11.0. The highest BCUT2D eigenvalue weighted by Crippen LogP contribution is 2.10. The average Bonchev–Trinajstić information content (AvgIpc) is 2.25. The molecule has 1 aromatic rings. The van der Waals surface area contributed by atoms with Crippen molar-refractivity contribution in [2.75, 3.05) is 30.8 Å². The van der Waals surface area contributed by atoms with E-state index in [2.05, 4.69) is 25.9 Å². The monoisotopic (exact) mass is 223 g/mol. The molecule has 0 unspecified atom stereocenters. The van der Waals surface area contributed by atoms with Crippen LogP contribution in [0.1, 0.15) is 12.7 Å². The lowest BCUT2D eigenvalue weighted by molar-refractivity contribution is -0.118. The van der Waals surface area contributed by atoms with Crippen LogP contribution in [-0.2, 0) is 4.79 Å². The van der Waals surface area contributed by atoms with Crippen LogP contribution in [0.2, 0.25) is 0 Å². The summed E-state index contributed by atoms with van der Waals surface area (Å²) in [6.07, 6.45) is 0. The Morgan fingerprint density at radius 3 is 2.50 bits per heavy atom. The number of hydrogen-bond donors (Lipinski definition) is 3. The quantitative estimate of drug-likeness (QED) is 0.672. The van der Waals surface area contributed by atoms with Crippen molar-refractivity contribution in [3.05, 3.63) is 11.9 Å². The van der Waals surface area contributed by atoms with Gasteiger partial charge in [-0.3, -0.25) is 4.79 Å². The molecule has 1 aromatic heterocycles. The Morgan fingerprint density at radius 1 is 1.31 bits per heavy atom. The van der Waals surface area contributed by atoms with Crippen molar-refractivity contribution in [1.29, 1.82) is 0 Å². The molecule has 1 rings (SSSR count). The lowest BCUT2D eigenvalue weighted by Gasteiger charge is -2.08. The average molecular weight is 223 g/mol. The lowest BCUT2D eigenvalue weighted by atomic mass is 10.4. The summed E-state index contributed by atoms with van der Waals surface area (Å²) >= 11 is 0. The largest absolute Gasteiger partial charge is 0.370 e. The van der Waals surface area contributed by atoms with E-state index in [-0.39, 0.29) is 12.5 Å². The SMILES string of the molecule is CCNc1cc(NCC(=O)NC)nc(C)n1. The second-order valence-electron chi connectivity index (χ2n) is 3.24. The van der Waals surface area contributed by atoms with Gasteiger partial charge in [0.15, 0.2) is 0 Å². The molecule has 0 aliphatic carbocycles. The van der Waals surface area contributed by atoms with Gasteiger partial charge in [0.1, 0.15) is 17.5 Å². The minimum Gasteiger partial charge on any atom is -0.370 e. The molecule has 0 bridgehead atoms. The van der Waals surface area contributed by atoms with E-state index in [1.807, 2.05) is 13.8 Å². The van der Waals surface area contributed by atoms with E-state index in [9.17, 15) is 4.79 Å². The predicted molar refractivity (Wildman–Crippen MR) is 63.5 cm³/mol. The van der Waals surface area contributed by atoms with Crippen LogP contribution in [0.25, 0.3) is 0 Å². The fourth-order valence-electron chi connectivity index (χ4n) is 1.19. The van der Waals surface area contributed by atoms with Crippen molar-refractivity contribution < 1.29 is 4.79 Å². The standard InChI is InChI=1S/C10H17N5O/c1-4-12-8-5-9(15-7(2)14-8)13-6-10(16)11-3/h5H,4,6H2,1-3H3,(H,11,16)(H2,12,13,14,15). The van der Waals surface area contributed by atoms with Crippen LogP contribution in [0.5, 0.6) is 0 Å². The molecule has 0 spiro atoms. The molecule has 0 aromatic carbocycles. The molecule has 0 saturated heterocycles. The number of rotatable bonds is 5. The van der Waals surface area contributed by atoms with Gasteiger partial charge in [0.25, 0.3) is 0 Å². The van der Waals surface area contributed by atoms with Crippen molar-refractivity contribution in [1.82, 2.24) is 15.3 Å². The third-order valence-electron chi connectivity index (χ3n) is 1.90. The van der Waals surface area contributed by atoms with Gasteiger partial charge in [0.05, 0.1) is 6.54 Å². The van der Waals surface area contributed by atoms with E-state index < -0.39 is 0 Å². The van der Waals surface area contributed by atoms with Gasteiger partial charge in [-0.2, -0.15) is 0 Å². The Hall–Kier alpha value is -1.85. The number of carbonyl (C=O) groups is 1. The summed E-state index contributed by atoms with van der Waals surface area (Å²) in [5.41, 5.74) is 0. The summed E-state index contributed by atoms with van der Waals surface area (Å²) in [5.74, 6) is 1.99. The van der Waals surface area contributed by atoms with Crippen molar-refractivity contribution in [2.45, 2.75) is 13.8 Å². The maximum atomic E-state index is 11.0. The molecule has 0 aliphatic rings. The molecule has 1 heterocycles. The number of amides is 1. The number of nitrogens with zero attached hydrogens (tertiary/aromatic N) is 2. The molecule has 0 atom stereocenters. The van der Waals surface area contributed by atoms with Crippen LogP contribution in [-0.4, -0.2) is 36.0 Å². The Balaban J connectivity index is 2.68. The van der Waals surface area contributed by atoms with Crippen molar-refractivity contribution >= 4 is 17.5 Å². The van der Waals surface area contributed by atoms with Crippen LogP contribution in [0.15, 0.2) is 6.07 Å². The molecule has 0 fully saturated rings. The van der Waals surface area contributed by atoms with Crippen LogP contribution in [0.3, 0.4) is 0 Å². The van der Waals surface area contributed by atoms with Crippen molar-refractivity contribution in [3.8, 4) is 0 Å². The fourth-order valence-corrected chi connectivity index (χ4v) is 1.19. The summed E-state index contributed by atoms with van der Waals surface area (Å²) in [6.45, 7) is 4.81. The summed E-state index contributed by atoms with van der Waals surface area (Å²) in [5, 5.41) is 8.56. The van der Waals surface area contributed by atoms with E-state index in [0.29, 0.717) is 11.6 Å². The van der Waals surface area contributed by atoms with Gasteiger partial charge in [0.2, 0.25) is 5.91 Å². The molecule has 0 radical (unpaired) electrons. The topological polar surface area (TPSA) is 78.9 Å². The molecular formula is C10H17N5O. The first kappa shape index (κ1) is 12.2. The highest BCUT2D eigenvalue weighted by Gasteiger charge is 2.02. The zero-order chi connectivity index (χ0) is 12.0.